The molecule has 0 aromatic heterocycles. The van der Waals surface area contributed by atoms with Crippen molar-refractivity contribution >= 4 is 9.84 Å². The van der Waals surface area contributed by atoms with Gasteiger partial charge >= 0.3 is 0 Å². The molecule has 5 heteroatoms. The summed E-state index contributed by atoms with van der Waals surface area (Å²) in [4.78, 5) is 0. The number of sulfone groups is 1. The predicted molar refractivity (Wildman–Crippen MR) is 70.0 cm³/mol. The maximum atomic E-state index is 12.3. The summed E-state index contributed by atoms with van der Waals surface area (Å²) < 4.78 is 29.9. The number of rotatable bonds is 6. The summed E-state index contributed by atoms with van der Waals surface area (Å²) in [5.41, 5.74) is 0. The van der Waals surface area contributed by atoms with E-state index in [1.807, 2.05) is 20.8 Å². The van der Waals surface area contributed by atoms with E-state index in [4.69, 9.17) is 4.74 Å². The van der Waals surface area contributed by atoms with Crippen molar-refractivity contribution in [3.05, 3.63) is 0 Å². The molecule has 0 saturated carbocycles. The van der Waals surface area contributed by atoms with E-state index in [2.05, 4.69) is 5.32 Å². The van der Waals surface area contributed by atoms with E-state index >= 15 is 0 Å². The highest BCUT2D eigenvalue weighted by Crippen LogP contribution is 2.22. The van der Waals surface area contributed by atoms with Crippen molar-refractivity contribution in [3.63, 3.8) is 0 Å². The second-order valence-electron chi connectivity index (χ2n) is 4.91. The summed E-state index contributed by atoms with van der Waals surface area (Å²) in [6.07, 6.45) is 2.00. The minimum atomic E-state index is -3.00. The van der Waals surface area contributed by atoms with Crippen LogP contribution in [0, 0.1) is 0 Å². The second kappa shape index (κ2) is 6.71. The molecule has 0 bridgehead atoms. The van der Waals surface area contributed by atoms with Gasteiger partial charge in [-0.15, -0.1) is 0 Å². The minimum Gasteiger partial charge on any atom is -0.381 e. The van der Waals surface area contributed by atoms with Gasteiger partial charge in [0.15, 0.2) is 9.84 Å². The molecule has 1 N–H and O–H groups in total. The third-order valence-corrected chi connectivity index (χ3v) is 6.15. The van der Waals surface area contributed by atoms with Crippen LogP contribution in [0.4, 0.5) is 0 Å². The first-order valence-corrected chi connectivity index (χ1v) is 8.13. The molecule has 0 amide bonds. The first-order chi connectivity index (χ1) is 7.98. The molecular formula is C12H25NO3S. The van der Waals surface area contributed by atoms with Gasteiger partial charge in [-0.3, -0.25) is 0 Å². The summed E-state index contributed by atoms with van der Waals surface area (Å²) >= 11 is 0. The number of hydrogen-bond donors (Lipinski definition) is 1. The molecule has 1 rings (SSSR count). The van der Waals surface area contributed by atoms with Crippen molar-refractivity contribution in [2.24, 2.45) is 0 Å². The summed E-state index contributed by atoms with van der Waals surface area (Å²) in [5.74, 6) is 0. The highest BCUT2D eigenvalue weighted by atomic mass is 32.2. The van der Waals surface area contributed by atoms with E-state index in [1.165, 1.54) is 0 Å². The van der Waals surface area contributed by atoms with Crippen molar-refractivity contribution < 1.29 is 13.2 Å². The first kappa shape index (κ1) is 14.9. The molecule has 2 atom stereocenters. The topological polar surface area (TPSA) is 55.4 Å². The zero-order valence-electron chi connectivity index (χ0n) is 11.1. The Morgan fingerprint density at radius 1 is 1.29 bits per heavy atom. The maximum absolute atomic E-state index is 12.3. The highest BCUT2D eigenvalue weighted by Gasteiger charge is 2.32. The van der Waals surface area contributed by atoms with Crippen LogP contribution in [0.5, 0.6) is 0 Å². The average molecular weight is 263 g/mol. The Hall–Kier alpha value is -0.130. The van der Waals surface area contributed by atoms with Crippen LogP contribution >= 0.6 is 0 Å². The molecule has 0 radical (unpaired) electrons. The fourth-order valence-corrected chi connectivity index (χ4v) is 4.46. The lowest BCUT2D eigenvalue weighted by atomic mass is 10.2. The largest absolute Gasteiger partial charge is 0.381 e. The van der Waals surface area contributed by atoms with Crippen molar-refractivity contribution in [3.8, 4) is 0 Å². The van der Waals surface area contributed by atoms with Crippen molar-refractivity contribution in [2.75, 3.05) is 19.8 Å². The Morgan fingerprint density at radius 3 is 2.41 bits per heavy atom. The fourth-order valence-electron chi connectivity index (χ4n) is 2.40. The van der Waals surface area contributed by atoms with Gasteiger partial charge in [0, 0.05) is 19.3 Å². The van der Waals surface area contributed by atoms with Crippen LogP contribution in [0.15, 0.2) is 0 Å². The average Bonchev–Trinajstić information content (AvgIpc) is 2.30. The lowest BCUT2D eigenvalue weighted by Gasteiger charge is -2.26. The molecule has 1 aliphatic rings. The van der Waals surface area contributed by atoms with Gasteiger partial charge in [-0.2, -0.15) is 0 Å². The smallest absolute Gasteiger partial charge is 0.155 e. The molecule has 0 aromatic carbocycles. The van der Waals surface area contributed by atoms with E-state index in [9.17, 15) is 8.42 Å². The molecule has 102 valence electrons. The zero-order valence-corrected chi connectivity index (χ0v) is 11.9. The normalized spacial score (nSPS) is 22.3. The Kier molecular flexibility index (Phi) is 5.89. The summed E-state index contributed by atoms with van der Waals surface area (Å²) in [5, 5.41) is 2.80. The third-order valence-electron chi connectivity index (χ3n) is 3.43. The SMILES string of the molecule is CCNC(C)CC(C)S(=O)(=O)C1CCOCC1. The quantitative estimate of drug-likeness (QED) is 0.786. The van der Waals surface area contributed by atoms with Crippen LogP contribution in [0.3, 0.4) is 0 Å². The van der Waals surface area contributed by atoms with Crippen LogP contribution in [0.2, 0.25) is 0 Å². The lowest BCUT2D eigenvalue weighted by molar-refractivity contribution is 0.0982. The van der Waals surface area contributed by atoms with Crippen LogP contribution in [-0.2, 0) is 14.6 Å². The second-order valence-corrected chi connectivity index (χ2v) is 7.56. The van der Waals surface area contributed by atoms with Crippen LogP contribution in [0.25, 0.3) is 0 Å². The molecule has 17 heavy (non-hydrogen) atoms. The molecule has 0 aliphatic carbocycles. The van der Waals surface area contributed by atoms with Gasteiger partial charge < -0.3 is 10.1 Å². The highest BCUT2D eigenvalue weighted by molar-refractivity contribution is 7.92. The molecule has 1 fully saturated rings. The van der Waals surface area contributed by atoms with Gasteiger partial charge in [-0.05, 0) is 39.7 Å². The lowest BCUT2D eigenvalue weighted by Crippen LogP contribution is -2.38. The molecule has 0 spiro atoms. The van der Waals surface area contributed by atoms with Gasteiger partial charge in [0.2, 0.25) is 0 Å². The van der Waals surface area contributed by atoms with Gasteiger partial charge in [0.25, 0.3) is 0 Å². The first-order valence-electron chi connectivity index (χ1n) is 6.52. The van der Waals surface area contributed by atoms with Crippen LogP contribution in [0.1, 0.15) is 40.0 Å². The Bertz CT molecular complexity index is 310. The van der Waals surface area contributed by atoms with E-state index in [-0.39, 0.29) is 16.5 Å². The number of ether oxygens (including phenoxy) is 1. The summed E-state index contributed by atoms with van der Waals surface area (Å²) in [6, 6.07) is 0.254. The van der Waals surface area contributed by atoms with E-state index in [0.29, 0.717) is 32.5 Å². The molecule has 0 aromatic rings. The van der Waals surface area contributed by atoms with Crippen LogP contribution in [-0.4, -0.2) is 44.7 Å². The van der Waals surface area contributed by atoms with Gasteiger partial charge in [0.1, 0.15) is 0 Å². The van der Waals surface area contributed by atoms with Crippen molar-refractivity contribution in [2.45, 2.75) is 56.6 Å². The van der Waals surface area contributed by atoms with Gasteiger partial charge in [0.05, 0.1) is 10.5 Å². The van der Waals surface area contributed by atoms with Crippen molar-refractivity contribution in [1.29, 1.82) is 0 Å². The monoisotopic (exact) mass is 263 g/mol. The van der Waals surface area contributed by atoms with Crippen molar-refractivity contribution in [1.82, 2.24) is 5.32 Å². The molecule has 1 saturated heterocycles. The molecule has 2 unspecified atom stereocenters. The number of hydrogen-bond acceptors (Lipinski definition) is 4. The molecule has 4 nitrogen and oxygen atoms in total. The molecule has 1 aliphatic heterocycles. The Balaban J connectivity index is 2.56. The Labute approximate surface area is 105 Å². The third kappa shape index (κ3) is 4.23. The minimum absolute atomic E-state index is 0.194. The summed E-state index contributed by atoms with van der Waals surface area (Å²) in [7, 11) is -3.00. The summed E-state index contributed by atoms with van der Waals surface area (Å²) in [6.45, 7) is 7.95. The zero-order chi connectivity index (χ0) is 12.9. The van der Waals surface area contributed by atoms with E-state index in [0.717, 1.165) is 6.54 Å². The Morgan fingerprint density at radius 2 is 1.88 bits per heavy atom. The maximum Gasteiger partial charge on any atom is 0.155 e. The van der Waals surface area contributed by atoms with Crippen LogP contribution < -0.4 is 5.32 Å². The molecule has 1 heterocycles. The fraction of sp³-hybridized carbons (Fsp3) is 1.00. The van der Waals surface area contributed by atoms with Gasteiger partial charge in [-0.25, -0.2) is 8.42 Å². The predicted octanol–water partition coefficient (Wildman–Crippen LogP) is 1.36. The van der Waals surface area contributed by atoms with Gasteiger partial charge in [-0.1, -0.05) is 6.92 Å². The number of nitrogens with one attached hydrogen (secondary N) is 1. The molecular weight excluding hydrogens is 238 g/mol. The van der Waals surface area contributed by atoms with E-state index < -0.39 is 9.84 Å². The standard InChI is InChI=1S/C12H25NO3S/c1-4-13-10(2)9-11(3)17(14,15)12-5-7-16-8-6-12/h10-13H,4-9H2,1-3H3. The van der Waals surface area contributed by atoms with E-state index in [1.54, 1.807) is 0 Å².